The van der Waals surface area contributed by atoms with Crippen molar-refractivity contribution >= 4 is 12.1 Å². The van der Waals surface area contributed by atoms with Gasteiger partial charge >= 0.3 is 0 Å². The highest BCUT2D eigenvalue weighted by Gasteiger charge is 1.95. The molecule has 4 nitrogen and oxygen atoms in total. The van der Waals surface area contributed by atoms with Crippen LogP contribution >= 0.6 is 0 Å². The number of benzene rings is 1. The largest absolute Gasteiger partial charge is 0.386 e. The number of carbonyl (C=O) groups excluding carboxylic acids is 1. The summed E-state index contributed by atoms with van der Waals surface area (Å²) in [4.78, 5) is 15.4. The molecule has 0 aliphatic rings. The third kappa shape index (κ3) is 4.21. The molecule has 0 spiro atoms. The molecule has 0 aliphatic heterocycles. The van der Waals surface area contributed by atoms with Crippen molar-refractivity contribution in [3.05, 3.63) is 35.6 Å². The van der Waals surface area contributed by atoms with Gasteiger partial charge in [-0.3, -0.25) is 4.79 Å². The normalized spacial score (nSPS) is 10.3. The molecular formula is C10H11FN2O2. The summed E-state index contributed by atoms with van der Waals surface area (Å²) in [5, 5.41) is 5.93. The Morgan fingerprint density at radius 3 is 2.80 bits per heavy atom. The molecule has 0 atom stereocenters. The van der Waals surface area contributed by atoms with Crippen LogP contribution in [-0.4, -0.2) is 25.8 Å². The second-order valence-electron chi connectivity index (χ2n) is 2.73. The van der Waals surface area contributed by atoms with Crippen molar-refractivity contribution in [2.45, 2.75) is 0 Å². The van der Waals surface area contributed by atoms with E-state index in [1.54, 1.807) is 12.1 Å². The molecule has 0 aliphatic carbocycles. The Balaban J connectivity index is 2.38. The summed E-state index contributed by atoms with van der Waals surface area (Å²) in [5.74, 6) is -0.565. The predicted molar refractivity (Wildman–Crippen MR) is 54.0 cm³/mol. The quantitative estimate of drug-likeness (QED) is 0.592. The first-order chi connectivity index (χ1) is 7.22. The van der Waals surface area contributed by atoms with Gasteiger partial charge in [0.25, 0.3) is 5.91 Å². The van der Waals surface area contributed by atoms with Crippen LogP contribution in [0.5, 0.6) is 0 Å². The summed E-state index contributed by atoms with van der Waals surface area (Å²) in [6.07, 6.45) is 1.41. The minimum Gasteiger partial charge on any atom is -0.386 e. The van der Waals surface area contributed by atoms with Crippen LogP contribution in [0.3, 0.4) is 0 Å². The molecular weight excluding hydrogens is 198 g/mol. The zero-order chi connectivity index (χ0) is 11.1. The minimum absolute atomic E-state index is 0.131. The van der Waals surface area contributed by atoms with Gasteiger partial charge in [-0.05, 0) is 17.7 Å². The summed E-state index contributed by atoms with van der Waals surface area (Å²) in [6, 6.07) is 5.75. The molecule has 1 N–H and O–H groups in total. The second kappa shape index (κ2) is 5.74. The van der Waals surface area contributed by atoms with E-state index < -0.39 is 0 Å². The SMILES string of the molecule is CNC(=O)CO/N=C/c1ccc([18F])cc1. The Bertz CT molecular complexity index is 349. The maximum Gasteiger partial charge on any atom is 0.260 e. The lowest BCUT2D eigenvalue weighted by Gasteiger charge is -1.97. The average Bonchev–Trinajstić information content (AvgIpc) is 2.26. The van der Waals surface area contributed by atoms with Crippen molar-refractivity contribution in [2.24, 2.45) is 5.16 Å². The van der Waals surface area contributed by atoms with E-state index in [1.807, 2.05) is 0 Å². The number of nitrogens with one attached hydrogen (secondary N) is 1. The Kier molecular flexibility index (Phi) is 4.28. The molecule has 15 heavy (non-hydrogen) atoms. The molecule has 1 aromatic rings. The van der Waals surface area contributed by atoms with Crippen LogP contribution in [0.2, 0.25) is 0 Å². The van der Waals surface area contributed by atoms with Crippen molar-refractivity contribution in [2.75, 3.05) is 13.7 Å². The van der Waals surface area contributed by atoms with E-state index in [1.165, 1.54) is 25.4 Å². The zero-order valence-corrected chi connectivity index (χ0v) is 8.24. The van der Waals surface area contributed by atoms with Crippen molar-refractivity contribution in [3.63, 3.8) is 0 Å². The third-order valence-electron chi connectivity index (χ3n) is 1.62. The van der Waals surface area contributed by atoms with E-state index >= 15 is 0 Å². The number of carbonyl (C=O) groups is 1. The molecule has 0 bridgehead atoms. The number of oxime groups is 1. The lowest BCUT2D eigenvalue weighted by Crippen LogP contribution is -2.22. The van der Waals surface area contributed by atoms with E-state index in [0.29, 0.717) is 5.56 Å². The summed E-state index contributed by atoms with van der Waals surface area (Å²) < 4.78 is 12.5. The first-order valence-electron chi connectivity index (χ1n) is 4.34. The highest BCUT2D eigenvalue weighted by atomic mass is 18.2. The molecule has 0 radical (unpaired) electrons. The number of rotatable bonds is 4. The highest BCUT2D eigenvalue weighted by Crippen LogP contribution is 1.99. The van der Waals surface area contributed by atoms with Crippen LogP contribution in [-0.2, 0) is 9.63 Å². The molecule has 0 heterocycles. The molecule has 1 amide bonds. The fourth-order valence-corrected chi connectivity index (χ4v) is 0.815. The maximum absolute atomic E-state index is 12.5. The van der Waals surface area contributed by atoms with Crippen LogP contribution in [0, 0.1) is 5.82 Å². The molecule has 1 aromatic carbocycles. The van der Waals surface area contributed by atoms with E-state index in [0.717, 1.165) is 0 Å². The summed E-state index contributed by atoms with van der Waals surface area (Å²) in [7, 11) is 1.51. The van der Waals surface area contributed by atoms with Crippen LogP contribution in [0.25, 0.3) is 0 Å². The van der Waals surface area contributed by atoms with Gasteiger partial charge in [0.2, 0.25) is 0 Å². The fraction of sp³-hybridized carbons (Fsp3) is 0.200. The van der Waals surface area contributed by atoms with Gasteiger partial charge in [0.05, 0.1) is 6.21 Å². The molecule has 0 saturated heterocycles. The van der Waals surface area contributed by atoms with Crippen LogP contribution < -0.4 is 5.32 Å². The molecule has 80 valence electrons. The molecule has 1 rings (SSSR count). The van der Waals surface area contributed by atoms with Crippen molar-refractivity contribution < 1.29 is 14.0 Å². The highest BCUT2D eigenvalue weighted by molar-refractivity contribution is 5.79. The number of likely N-dealkylation sites (N-methyl/N-ethyl adjacent to an activating group) is 1. The number of amides is 1. The number of hydrogen-bond donors (Lipinski definition) is 1. The lowest BCUT2D eigenvalue weighted by molar-refractivity contribution is -0.125. The molecule has 0 saturated carbocycles. The van der Waals surface area contributed by atoms with Gasteiger partial charge in [-0.15, -0.1) is 0 Å². The standard InChI is InChI=1S/C10H11FN2O2/c1-12-10(14)7-15-13-6-8-2-4-9(11)5-3-8/h2-6H,7H2,1H3,(H,12,14)/b13-6+/i11-1. The topological polar surface area (TPSA) is 50.7 Å². The summed E-state index contributed by atoms with van der Waals surface area (Å²) in [6.45, 7) is -0.131. The van der Waals surface area contributed by atoms with Crippen molar-refractivity contribution in [3.8, 4) is 0 Å². The van der Waals surface area contributed by atoms with E-state index in [9.17, 15) is 9.18 Å². The lowest BCUT2D eigenvalue weighted by atomic mass is 10.2. The van der Waals surface area contributed by atoms with Gasteiger partial charge in [0.1, 0.15) is 5.82 Å². The maximum atomic E-state index is 12.5. The predicted octanol–water partition coefficient (Wildman–Crippen LogP) is 0.922. The summed E-state index contributed by atoms with van der Waals surface area (Å²) in [5.41, 5.74) is 0.702. The van der Waals surface area contributed by atoms with E-state index in [2.05, 4.69) is 15.3 Å². The third-order valence-corrected chi connectivity index (χ3v) is 1.62. The second-order valence-corrected chi connectivity index (χ2v) is 2.73. The van der Waals surface area contributed by atoms with Crippen molar-refractivity contribution in [1.82, 2.24) is 5.32 Å². The number of nitrogens with zero attached hydrogens (tertiary/aromatic N) is 1. The van der Waals surface area contributed by atoms with Crippen LogP contribution in [0.4, 0.5) is 4.39 Å². The monoisotopic (exact) mass is 209 g/mol. The Morgan fingerprint density at radius 1 is 1.53 bits per heavy atom. The van der Waals surface area contributed by atoms with E-state index in [-0.39, 0.29) is 18.3 Å². The minimum atomic E-state index is -0.307. The Hall–Kier alpha value is -1.91. The number of halogens is 1. The molecule has 0 aromatic heterocycles. The Labute approximate surface area is 86.7 Å². The molecule has 0 fully saturated rings. The van der Waals surface area contributed by atoms with E-state index in [4.69, 9.17) is 0 Å². The van der Waals surface area contributed by atoms with Gasteiger partial charge in [-0.25, -0.2) is 4.39 Å². The smallest absolute Gasteiger partial charge is 0.260 e. The van der Waals surface area contributed by atoms with Gasteiger partial charge in [0.15, 0.2) is 6.61 Å². The fourth-order valence-electron chi connectivity index (χ4n) is 0.815. The zero-order valence-electron chi connectivity index (χ0n) is 8.24. The molecule has 0 unspecified atom stereocenters. The Morgan fingerprint density at radius 2 is 2.20 bits per heavy atom. The average molecular weight is 209 g/mol. The summed E-state index contributed by atoms with van der Waals surface area (Å²) >= 11 is 0. The van der Waals surface area contributed by atoms with Gasteiger partial charge in [-0.2, -0.15) is 0 Å². The van der Waals surface area contributed by atoms with Crippen LogP contribution in [0.1, 0.15) is 5.56 Å². The van der Waals surface area contributed by atoms with Gasteiger partial charge in [0, 0.05) is 7.05 Å². The first kappa shape index (κ1) is 11.2. The first-order valence-corrected chi connectivity index (χ1v) is 4.34. The van der Waals surface area contributed by atoms with Crippen molar-refractivity contribution in [1.29, 1.82) is 0 Å². The van der Waals surface area contributed by atoms with Gasteiger partial charge < -0.3 is 10.2 Å². The van der Waals surface area contributed by atoms with Gasteiger partial charge in [-0.1, -0.05) is 17.3 Å². The molecule has 5 heteroatoms. The van der Waals surface area contributed by atoms with Crippen LogP contribution in [0.15, 0.2) is 29.4 Å². The number of hydrogen-bond acceptors (Lipinski definition) is 3.